The maximum Gasteiger partial charge on any atom is 0.337 e. The van der Waals surface area contributed by atoms with Crippen LogP contribution in [-0.4, -0.2) is 29.8 Å². The Hall–Kier alpha value is -4.00. The van der Waals surface area contributed by atoms with E-state index < -0.39 is 5.97 Å². The third kappa shape index (κ3) is 5.04. The maximum atomic E-state index is 12.4. The molecule has 0 fully saturated rings. The van der Waals surface area contributed by atoms with Gasteiger partial charge in [0.05, 0.1) is 24.6 Å². The van der Waals surface area contributed by atoms with E-state index >= 15 is 0 Å². The number of esters is 1. The molecule has 0 unspecified atom stereocenters. The van der Waals surface area contributed by atoms with Crippen molar-refractivity contribution in [1.82, 2.24) is 4.98 Å². The zero-order valence-electron chi connectivity index (χ0n) is 15.9. The minimum atomic E-state index is -0.423. The fourth-order valence-corrected chi connectivity index (χ4v) is 2.62. The van der Waals surface area contributed by atoms with Gasteiger partial charge in [0.1, 0.15) is 5.69 Å². The first-order chi connectivity index (χ1) is 14.0. The minimum absolute atomic E-state index is 0.0779. The summed E-state index contributed by atoms with van der Waals surface area (Å²) in [5, 5.41) is 5.84. The van der Waals surface area contributed by atoms with Gasteiger partial charge in [-0.25, -0.2) is 9.78 Å². The molecule has 0 radical (unpaired) electrons. The largest absolute Gasteiger partial charge is 0.465 e. The van der Waals surface area contributed by atoms with E-state index in [1.165, 1.54) is 20.2 Å². The normalized spacial score (nSPS) is 10.1. The highest BCUT2D eigenvalue weighted by Gasteiger charge is 2.10. The van der Waals surface area contributed by atoms with Gasteiger partial charge in [-0.2, -0.15) is 0 Å². The Bertz CT molecular complexity index is 1060. The number of anilines is 3. The molecule has 0 saturated carbocycles. The number of Topliss-reactive ketones (excluding diaryl/α,β-unsaturated/α-hetero) is 1. The Morgan fingerprint density at radius 2 is 1.55 bits per heavy atom. The van der Waals surface area contributed by atoms with Gasteiger partial charge in [0.2, 0.25) is 0 Å². The second-order valence-electron chi connectivity index (χ2n) is 6.22. The number of ether oxygens (including phenoxy) is 1. The average Bonchev–Trinajstić information content (AvgIpc) is 2.74. The lowest BCUT2D eigenvalue weighted by molar-refractivity contribution is 0.0600. The molecular weight excluding hydrogens is 370 g/mol. The summed E-state index contributed by atoms with van der Waals surface area (Å²) in [5.41, 5.74) is 3.03. The zero-order chi connectivity index (χ0) is 20.8. The monoisotopic (exact) mass is 389 g/mol. The SMILES string of the molecule is COC(=O)c1cccc(Nc2ccc(C(=O)Nc3cccc(C(C)=O)c3)nc2)c1. The van der Waals surface area contributed by atoms with Crippen LogP contribution in [0.25, 0.3) is 0 Å². The van der Waals surface area contributed by atoms with Gasteiger partial charge in [-0.05, 0) is 49.4 Å². The van der Waals surface area contributed by atoms with Crippen LogP contribution in [0.4, 0.5) is 17.1 Å². The summed E-state index contributed by atoms with van der Waals surface area (Å²) < 4.78 is 4.71. The lowest BCUT2D eigenvalue weighted by atomic mass is 10.1. The van der Waals surface area contributed by atoms with Gasteiger partial charge in [-0.3, -0.25) is 9.59 Å². The highest BCUT2D eigenvalue weighted by molar-refractivity contribution is 6.04. The van der Waals surface area contributed by atoms with Gasteiger partial charge in [-0.15, -0.1) is 0 Å². The van der Waals surface area contributed by atoms with Crippen LogP contribution in [-0.2, 0) is 4.74 Å². The van der Waals surface area contributed by atoms with Crippen LogP contribution in [0, 0.1) is 0 Å². The van der Waals surface area contributed by atoms with E-state index in [4.69, 9.17) is 4.74 Å². The Labute approximate surface area is 167 Å². The van der Waals surface area contributed by atoms with Crippen LogP contribution in [0.2, 0.25) is 0 Å². The van der Waals surface area contributed by atoms with Crippen molar-refractivity contribution in [3.8, 4) is 0 Å². The molecule has 3 aromatic rings. The molecule has 0 bridgehead atoms. The quantitative estimate of drug-likeness (QED) is 0.487. The molecule has 0 aliphatic heterocycles. The summed E-state index contributed by atoms with van der Waals surface area (Å²) in [6.07, 6.45) is 1.52. The van der Waals surface area contributed by atoms with Crippen molar-refractivity contribution >= 4 is 34.7 Å². The van der Waals surface area contributed by atoms with E-state index in [1.807, 2.05) is 0 Å². The number of nitrogens with one attached hydrogen (secondary N) is 2. The smallest absolute Gasteiger partial charge is 0.337 e. The van der Waals surface area contributed by atoms with Crippen molar-refractivity contribution in [1.29, 1.82) is 0 Å². The highest BCUT2D eigenvalue weighted by Crippen LogP contribution is 2.18. The van der Waals surface area contributed by atoms with Crippen molar-refractivity contribution in [3.05, 3.63) is 83.7 Å². The number of benzene rings is 2. The van der Waals surface area contributed by atoms with Gasteiger partial charge in [0.25, 0.3) is 5.91 Å². The van der Waals surface area contributed by atoms with Crippen LogP contribution < -0.4 is 10.6 Å². The lowest BCUT2D eigenvalue weighted by Crippen LogP contribution is -2.14. The number of hydrogen-bond donors (Lipinski definition) is 2. The number of aromatic nitrogens is 1. The van der Waals surface area contributed by atoms with E-state index in [1.54, 1.807) is 60.7 Å². The van der Waals surface area contributed by atoms with E-state index in [9.17, 15) is 14.4 Å². The molecule has 146 valence electrons. The average molecular weight is 389 g/mol. The van der Waals surface area contributed by atoms with Gasteiger partial charge in [0.15, 0.2) is 5.78 Å². The topological polar surface area (TPSA) is 97.4 Å². The number of methoxy groups -OCH3 is 1. The first kappa shape index (κ1) is 19.8. The number of ketones is 1. The number of amides is 1. The summed E-state index contributed by atoms with van der Waals surface area (Å²) in [6, 6.07) is 16.8. The van der Waals surface area contributed by atoms with Crippen LogP contribution in [0.1, 0.15) is 38.1 Å². The number of carbonyl (C=O) groups excluding carboxylic acids is 3. The standard InChI is InChI=1S/C22H19N3O4/c1-14(26)15-5-3-8-18(11-15)25-21(27)20-10-9-19(13-23-20)24-17-7-4-6-16(12-17)22(28)29-2/h3-13,24H,1-2H3,(H,25,27). The maximum absolute atomic E-state index is 12.4. The number of rotatable bonds is 6. The van der Waals surface area contributed by atoms with E-state index in [2.05, 4.69) is 15.6 Å². The highest BCUT2D eigenvalue weighted by atomic mass is 16.5. The number of hydrogen-bond acceptors (Lipinski definition) is 6. The first-order valence-electron chi connectivity index (χ1n) is 8.80. The van der Waals surface area contributed by atoms with E-state index in [0.29, 0.717) is 28.2 Å². The van der Waals surface area contributed by atoms with E-state index in [-0.39, 0.29) is 17.4 Å². The molecule has 1 heterocycles. The number of nitrogens with zero attached hydrogens (tertiary/aromatic N) is 1. The van der Waals surface area contributed by atoms with Gasteiger partial charge < -0.3 is 15.4 Å². The van der Waals surface area contributed by atoms with Crippen molar-refractivity contribution in [3.63, 3.8) is 0 Å². The number of pyridine rings is 1. The Morgan fingerprint density at radius 1 is 0.862 bits per heavy atom. The van der Waals surface area contributed by atoms with Crippen LogP contribution in [0.5, 0.6) is 0 Å². The molecule has 2 aromatic carbocycles. The Balaban J connectivity index is 1.68. The second-order valence-corrected chi connectivity index (χ2v) is 6.22. The molecule has 1 amide bonds. The Morgan fingerprint density at radius 3 is 2.21 bits per heavy atom. The molecule has 7 nitrogen and oxygen atoms in total. The second kappa shape index (κ2) is 8.79. The summed E-state index contributed by atoms with van der Waals surface area (Å²) in [5.74, 6) is -0.886. The lowest BCUT2D eigenvalue weighted by Gasteiger charge is -2.09. The molecule has 1 aromatic heterocycles. The van der Waals surface area contributed by atoms with Gasteiger partial charge in [-0.1, -0.05) is 18.2 Å². The molecular formula is C22H19N3O4. The van der Waals surface area contributed by atoms with Crippen molar-refractivity contribution in [2.24, 2.45) is 0 Å². The summed E-state index contributed by atoms with van der Waals surface area (Å²) in [4.78, 5) is 39.6. The third-order valence-electron chi connectivity index (χ3n) is 4.10. The molecule has 0 aliphatic rings. The molecule has 0 atom stereocenters. The zero-order valence-corrected chi connectivity index (χ0v) is 15.9. The predicted octanol–water partition coefficient (Wildman–Crippen LogP) is 4.07. The fraction of sp³-hybridized carbons (Fsp3) is 0.0909. The van der Waals surface area contributed by atoms with Crippen LogP contribution in [0.15, 0.2) is 66.9 Å². The summed E-state index contributed by atoms with van der Waals surface area (Å²) >= 11 is 0. The fourth-order valence-electron chi connectivity index (χ4n) is 2.62. The van der Waals surface area contributed by atoms with Crippen molar-refractivity contribution in [2.45, 2.75) is 6.92 Å². The first-order valence-corrected chi connectivity index (χ1v) is 8.80. The molecule has 3 rings (SSSR count). The molecule has 7 heteroatoms. The third-order valence-corrected chi connectivity index (χ3v) is 4.10. The molecule has 0 saturated heterocycles. The van der Waals surface area contributed by atoms with Gasteiger partial charge in [0, 0.05) is 16.9 Å². The molecule has 0 aliphatic carbocycles. The molecule has 0 spiro atoms. The van der Waals surface area contributed by atoms with Crippen molar-refractivity contribution < 1.29 is 19.1 Å². The van der Waals surface area contributed by atoms with Crippen LogP contribution >= 0.6 is 0 Å². The van der Waals surface area contributed by atoms with Crippen molar-refractivity contribution in [2.75, 3.05) is 17.7 Å². The van der Waals surface area contributed by atoms with Gasteiger partial charge >= 0.3 is 5.97 Å². The Kier molecular flexibility index (Phi) is 5.99. The molecule has 29 heavy (non-hydrogen) atoms. The predicted molar refractivity (Wildman–Crippen MR) is 110 cm³/mol. The van der Waals surface area contributed by atoms with Crippen LogP contribution in [0.3, 0.4) is 0 Å². The summed E-state index contributed by atoms with van der Waals surface area (Å²) in [6.45, 7) is 1.47. The number of carbonyl (C=O) groups is 3. The summed E-state index contributed by atoms with van der Waals surface area (Å²) in [7, 11) is 1.33. The minimum Gasteiger partial charge on any atom is -0.465 e. The van der Waals surface area contributed by atoms with E-state index in [0.717, 1.165) is 0 Å². The molecule has 2 N–H and O–H groups in total.